The first-order valence-corrected chi connectivity index (χ1v) is 7.38. The standard InChI is InChI=1S/C17H30N2/c1-7-15(18)16(19(6)17(4,5)8-2)14-11-9-10-13(3)12-14/h9-12,15-16H,7-8,18H2,1-6H3. The summed E-state index contributed by atoms with van der Waals surface area (Å²) >= 11 is 0. The minimum atomic E-state index is 0.154. The van der Waals surface area contributed by atoms with Crippen molar-refractivity contribution >= 4 is 0 Å². The smallest absolute Gasteiger partial charge is 0.0501 e. The van der Waals surface area contributed by atoms with Gasteiger partial charge in [0.2, 0.25) is 0 Å². The summed E-state index contributed by atoms with van der Waals surface area (Å²) in [7, 11) is 2.20. The second kappa shape index (κ2) is 6.53. The molecule has 2 nitrogen and oxygen atoms in total. The largest absolute Gasteiger partial charge is 0.326 e. The van der Waals surface area contributed by atoms with Crippen LogP contribution in [0, 0.1) is 6.92 Å². The highest BCUT2D eigenvalue weighted by Gasteiger charge is 2.32. The molecule has 108 valence electrons. The summed E-state index contributed by atoms with van der Waals surface area (Å²) in [5.41, 5.74) is 9.20. The lowest BCUT2D eigenvalue weighted by atomic mass is 9.90. The van der Waals surface area contributed by atoms with E-state index in [1.54, 1.807) is 0 Å². The number of nitrogens with two attached hydrogens (primary N) is 1. The lowest BCUT2D eigenvalue weighted by Gasteiger charge is -2.43. The molecule has 19 heavy (non-hydrogen) atoms. The van der Waals surface area contributed by atoms with Gasteiger partial charge < -0.3 is 5.73 Å². The van der Waals surface area contributed by atoms with Crippen LogP contribution in [-0.4, -0.2) is 23.5 Å². The van der Waals surface area contributed by atoms with Gasteiger partial charge in [-0.2, -0.15) is 0 Å². The molecule has 0 bridgehead atoms. The van der Waals surface area contributed by atoms with E-state index < -0.39 is 0 Å². The molecular weight excluding hydrogens is 232 g/mol. The lowest BCUT2D eigenvalue weighted by Crippen LogP contribution is -2.48. The Kier molecular flexibility index (Phi) is 5.57. The molecule has 1 aromatic carbocycles. The van der Waals surface area contributed by atoms with Crippen LogP contribution in [0.2, 0.25) is 0 Å². The van der Waals surface area contributed by atoms with Crippen molar-refractivity contribution in [3.63, 3.8) is 0 Å². The molecule has 0 spiro atoms. The van der Waals surface area contributed by atoms with E-state index in [2.05, 4.69) is 70.8 Å². The first-order chi connectivity index (χ1) is 8.83. The van der Waals surface area contributed by atoms with Crippen molar-refractivity contribution in [2.45, 2.75) is 65.1 Å². The summed E-state index contributed by atoms with van der Waals surface area (Å²) in [5.74, 6) is 0. The predicted molar refractivity (Wildman–Crippen MR) is 84.3 cm³/mol. The molecule has 0 aliphatic rings. The highest BCUT2D eigenvalue weighted by atomic mass is 15.2. The van der Waals surface area contributed by atoms with E-state index in [4.69, 9.17) is 5.73 Å². The number of hydrogen-bond donors (Lipinski definition) is 1. The Balaban J connectivity index is 3.15. The Bertz CT molecular complexity index is 398. The highest BCUT2D eigenvalue weighted by Crippen LogP contribution is 2.31. The summed E-state index contributed by atoms with van der Waals surface area (Å²) in [4.78, 5) is 2.44. The zero-order valence-corrected chi connectivity index (χ0v) is 13.4. The van der Waals surface area contributed by atoms with Gasteiger partial charge in [0.15, 0.2) is 0 Å². The van der Waals surface area contributed by atoms with Crippen molar-refractivity contribution in [1.82, 2.24) is 4.90 Å². The Labute approximate surface area is 119 Å². The minimum Gasteiger partial charge on any atom is -0.326 e. The molecule has 1 aromatic rings. The van der Waals surface area contributed by atoms with E-state index in [-0.39, 0.29) is 17.6 Å². The number of benzene rings is 1. The van der Waals surface area contributed by atoms with Crippen molar-refractivity contribution < 1.29 is 0 Å². The molecule has 2 heteroatoms. The van der Waals surface area contributed by atoms with Gasteiger partial charge in [0.25, 0.3) is 0 Å². The maximum absolute atomic E-state index is 6.41. The minimum absolute atomic E-state index is 0.154. The number of hydrogen-bond acceptors (Lipinski definition) is 2. The van der Waals surface area contributed by atoms with Crippen molar-refractivity contribution in [1.29, 1.82) is 0 Å². The zero-order chi connectivity index (χ0) is 14.6. The van der Waals surface area contributed by atoms with Gasteiger partial charge in [0.1, 0.15) is 0 Å². The fourth-order valence-electron chi connectivity index (χ4n) is 2.46. The van der Waals surface area contributed by atoms with Crippen LogP contribution in [0.4, 0.5) is 0 Å². The molecule has 2 atom stereocenters. The average Bonchev–Trinajstić information content (AvgIpc) is 2.38. The fraction of sp³-hybridized carbons (Fsp3) is 0.647. The van der Waals surface area contributed by atoms with Gasteiger partial charge in [0, 0.05) is 11.6 Å². The number of nitrogens with zero attached hydrogens (tertiary/aromatic N) is 1. The summed E-state index contributed by atoms with van der Waals surface area (Å²) in [6, 6.07) is 9.19. The molecule has 2 N–H and O–H groups in total. The Morgan fingerprint density at radius 1 is 1.26 bits per heavy atom. The maximum atomic E-state index is 6.41. The lowest BCUT2D eigenvalue weighted by molar-refractivity contribution is 0.0806. The van der Waals surface area contributed by atoms with E-state index in [1.165, 1.54) is 11.1 Å². The molecule has 0 heterocycles. The third-order valence-electron chi connectivity index (χ3n) is 4.50. The molecule has 0 radical (unpaired) electrons. The summed E-state index contributed by atoms with van der Waals surface area (Å²) in [6.07, 6.45) is 2.10. The molecule has 2 unspecified atom stereocenters. The molecule has 0 aliphatic carbocycles. The third-order valence-corrected chi connectivity index (χ3v) is 4.50. The molecule has 0 aromatic heterocycles. The zero-order valence-electron chi connectivity index (χ0n) is 13.4. The number of likely N-dealkylation sites (N-methyl/N-ethyl adjacent to an activating group) is 1. The second-order valence-corrected chi connectivity index (χ2v) is 6.21. The third kappa shape index (κ3) is 3.80. The van der Waals surface area contributed by atoms with Gasteiger partial charge >= 0.3 is 0 Å². The average molecular weight is 262 g/mol. The molecular formula is C17H30N2. The maximum Gasteiger partial charge on any atom is 0.0501 e. The fourth-order valence-corrected chi connectivity index (χ4v) is 2.46. The van der Waals surface area contributed by atoms with Crippen LogP contribution in [0.5, 0.6) is 0 Å². The Morgan fingerprint density at radius 3 is 2.37 bits per heavy atom. The topological polar surface area (TPSA) is 29.3 Å². The van der Waals surface area contributed by atoms with E-state index in [9.17, 15) is 0 Å². The molecule has 0 saturated carbocycles. The summed E-state index contributed by atoms with van der Waals surface area (Å²) in [5, 5.41) is 0. The number of aryl methyl sites for hydroxylation is 1. The van der Waals surface area contributed by atoms with Gasteiger partial charge in [0.05, 0.1) is 6.04 Å². The van der Waals surface area contributed by atoms with Crippen LogP contribution in [0.1, 0.15) is 57.7 Å². The highest BCUT2D eigenvalue weighted by molar-refractivity contribution is 5.26. The van der Waals surface area contributed by atoms with Gasteiger partial charge in [-0.25, -0.2) is 0 Å². The Morgan fingerprint density at radius 2 is 1.89 bits per heavy atom. The SMILES string of the molecule is CCC(N)C(c1cccc(C)c1)N(C)C(C)(C)CC. The van der Waals surface area contributed by atoms with E-state index in [0.29, 0.717) is 0 Å². The number of rotatable bonds is 6. The van der Waals surface area contributed by atoms with Crippen LogP contribution in [0.3, 0.4) is 0 Å². The predicted octanol–water partition coefficient (Wildman–Crippen LogP) is 3.89. The molecule has 0 fully saturated rings. The van der Waals surface area contributed by atoms with Crippen molar-refractivity contribution in [3.8, 4) is 0 Å². The van der Waals surface area contributed by atoms with E-state index >= 15 is 0 Å². The monoisotopic (exact) mass is 262 g/mol. The molecule has 0 amide bonds. The van der Waals surface area contributed by atoms with E-state index in [1.807, 2.05) is 0 Å². The van der Waals surface area contributed by atoms with Crippen LogP contribution in [-0.2, 0) is 0 Å². The molecule has 0 aliphatic heterocycles. The summed E-state index contributed by atoms with van der Waals surface area (Å²) in [6.45, 7) is 11.1. The van der Waals surface area contributed by atoms with Crippen LogP contribution in [0.25, 0.3) is 0 Å². The Hall–Kier alpha value is -0.860. The van der Waals surface area contributed by atoms with Gasteiger partial charge in [-0.15, -0.1) is 0 Å². The van der Waals surface area contributed by atoms with Gasteiger partial charge in [-0.1, -0.05) is 43.7 Å². The molecule has 0 saturated heterocycles. The van der Waals surface area contributed by atoms with Gasteiger partial charge in [-0.3, -0.25) is 4.90 Å². The van der Waals surface area contributed by atoms with Gasteiger partial charge in [-0.05, 0) is 46.2 Å². The van der Waals surface area contributed by atoms with Crippen LogP contribution < -0.4 is 5.73 Å². The van der Waals surface area contributed by atoms with Crippen molar-refractivity contribution in [3.05, 3.63) is 35.4 Å². The second-order valence-electron chi connectivity index (χ2n) is 6.21. The van der Waals surface area contributed by atoms with Crippen molar-refractivity contribution in [2.24, 2.45) is 5.73 Å². The first-order valence-electron chi connectivity index (χ1n) is 7.38. The van der Waals surface area contributed by atoms with Crippen LogP contribution >= 0.6 is 0 Å². The summed E-state index contributed by atoms with van der Waals surface area (Å²) < 4.78 is 0. The first kappa shape index (κ1) is 16.2. The van der Waals surface area contributed by atoms with Crippen LogP contribution in [0.15, 0.2) is 24.3 Å². The van der Waals surface area contributed by atoms with E-state index in [0.717, 1.165) is 12.8 Å². The van der Waals surface area contributed by atoms with Crippen molar-refractivity contribution in [2.75, 3.05) is 7.05 Å². The quantitative estimate of drug-likeness (QED) is 0.842. The molecule has 1 rings (SSSR count). The normalized spacial score (nSPS) is 15.6.